The molecule has 7 heteroatoms. The van der Waals surface area contributed by atoms with Gasteiger partial charge in [-0.2, -0.15) is 5.10 Å². The molecule has 1 aliphatic rings. The predicted molar refractivity (Wildman–Crippen MR) is 124 cm³/mol. The Bertz CT molecular complexity index is 1070. The molecule has 4 rings (SSSR count). The summed E-state index contributed by atoms with van der Waals surface area (Å²) in [6.07, 6.45) is 4.09. The van der Waals surface area contributed by atoms with E-state index in [1.54, 1.807) is 6.20 Å². The predicted octanol–water partition coefficient (Wildman–Crippen LogP) is 4.62. The normalized spacial score (nSPS) is 16.2. The number of benzene rings is 1. The molecule has 170 valence electrons. The van der Waals surface area contributed by atoms with Gasteiger partial charge in [0.05, 0.1) is 23.3 Å². The molecule has 2 aromatic heterocycles. The third kappa shape index (κ3) is 4.93. The van der Waals surface area contributed by atoms with E-state index < -0.39 is 0 Å². The van der Waals surface area contributed by atoms with Gasteiger partial charge in [-0.15, -0.1) is 0 Å². The van der Waals surface area contributed by atoms with Crippen LogP contribution in [0.4, 0.5) is 0 Å². The van der Waals surface area contributed by atoms with Gasteiger partial charge in [-0.1, -0.05) is 26.0 Å². The van der Waals surface area contributed by atoms with Crippen molar-refractivity contribution in [2.45, 2.75) is 65.1 Å². The Morgan fingerprint density at radius 2 is 2.03 bits per heavy atom. The second-order valence-corrected chi connectivity index (χ2v) is 8.94. The van der Waals surface area contributed by atoms with E-state index in [-0.39, 0.29) is 24.0 Å². The SMILES string of the molecule is CC(C)c1cc(C(=O)NCc2ccc(OCC3CCCO3)cc2)c2cnn(C(C)C)c2n1. The monoisotopic (exact) mass is 436 g/mol. The fourth-order valence-corrected chi connectivity index (χ4v) is 3.84. The van der Waals surface area contributed by atoms with Crippen molar-refractivity contribution >= 4 is 16.9 Å². The number of hydrogen-bond donors (Lipinski definition) is 1. The number of rotatable bonds is 8. The lowest BCUT2D eigenvalue weighted by atomic mass is 10.0. The second kappa shape index (κ2) is 9.69. The third-order valence-electron chi connectivity index (χ3n) is 5.75. The smallest absolute Gasteiger partial charge is 0.252 e. The molecule has 1 aliphatic heterocycles. The second-order valence-electron chi connectivity index (χ2n) is 8.94. The van der Waals surface area contributed by atoms with Crippen LogP contribution < -0.4 is 10.1 Å². The highest BCUT2D eigenvalue weighted by Gasteiger charge is 2.19. The average Bonchev–Trinajstić information content (AvgIpc) is 3.45. The van der Waals surface area contributed by atoms with Gasteiger partial charge < -0.3 is 14.8 Å². The summed E-state index contributed by atoms with van der Waals surface area (Å²) in [5.41, 5.74) is 3.26. The Kier molecular flexibility index (Phi) is 6.74. The molecule has 32 heavy (non-hydrogen) atoms. The molecule has 1 unspecified atom stereocenters. The van der Waals surface area contributed by atoms with Crippen LogP contribution in [-0.4, -0.2) is 40.0 Å². The Morgan fingerprint density at radius 3 is 2.69 bits per heavy atom. The number of carbonyl (C=O) groups excluding carboxylic acids is 1. The summed E-state index contributed by atoms with van der Waals surface area (Å²) in [7, 11) is 0. The Balaban J connectivity index is 1.44. The minimum atomic E-state index is -0.124. The first-order valence-electron chi connectivity index (χ1n) is 11.4. The van der Waals surface area contributed by atoms with E-state index in [0.29, 0.717) is 18.7 Å². The van der Waals surface area contributed by atoms with Gasteiger partial charge in [0.1, 0.15) is 12.4 Å². The van der Waals surface area contributed by atoms with Gasteiger partial charge in [-0.05, 0) is 56.4 Å². The first kappa shape index (κ1) is 22.3. The minimum absolute atomic E-state index is 0.124. The van der Waals surface area contributed by atoms with Crippen molar-refractivity contribution in [1.29, 1.82) is 0 Å². The number of carbonyl (C=O) groups is 1. The average molecular weight is 437 g/mol. The van der Waals surface area contributed by atoms with E-state index in [1.807, 2.05) is 35.0 Å². The molecule has 3 aromatic rings. The third-order valence-corrected chi connectivity index (χ3v) is 5.75. The van der Waals surface area contributed by atoms with Crippen LogP contribution in [0.15, 0.2) is 36.5 Å². The highest BCUT2D eigenvalue weighted by Crippen LogP contribution is 2.24. The summed E-state index contributed by atoms with van der Waals surface area (Å²) in [6.45, 7) is 10.1. The molecule has 3 heterocycles. The van der Waals surface area contributed by atoms with Gasteiger partial charge >= 0.3 is 0 Å². The lowest BCUT2D eigenvalue weighted by Gasteiger charge is -2.13. The van der Waals surface area contributed by atoms with Crippen LogP contribution in [0.5, 0.6) is 5.75 Å². The van der Waals surface area contributed by atoms with E-state index >= 15 is 0 Å². The Labute approximate surface area is 189 Å². The van der Waals surface area contributed by atoms with E-state index in [0.717, 1.165) is 47.5 Å². The molecule has 0 saturated carbocycles. The fourth-order valence-electron chi connectivity index (χ4n) is 3.84. The maximum absolute atomic E-state index is 13.1. The number of nitrogens with one attached hydrogen (secondary N) is 1. The molecule has 7 nitrogen and oxygen atoms in total. The zero-order valence-electron chi connectivity index (χ0n) is 19.3. The molecular weight excluding hydrogens is 404 g/mol. The minimum Gasteiger partial charge on any atom is -0.491 e. The highest BCUT2D eigenvalue weighted by molar-refractivity contribution is 6.05. The fraction of sp³-hybridized carbons (Fsp3) is 0.480. The molecule has 1 fully saturated rings. The number of fused-ring (bicyclic) bond motifs is 1. The number of hydrogen-bond acceptors (Lipinski definition) is 5. The van der Waals surface area contributed by atoms with Crippen LogP contribution >= 0.6 is 0 Å². The van der Waals surface area contributed by atoms with Crippen molar-refractivity contribution in [2.75, 3.05) is 13.2 Å². The van der Waals surface area contributed by atoms with Crippen LogP contribution in [-0.2, 0) is 11.3 Å². The molecule has 0 bridgehead atoms. The summed E-state index contributed by atoms with van der Waals surface area (Å²) < 4.78 is 13.3. The summed E-state index contributed by atoms with van der Waals surface area (Å²) >= 11 is 0. The molecule has 1 amide bonds. The zero-order chi connectivity index (χ0) is 22.7. The van der Waals surface area contributed by atoms with E-state index in [1.165, 1.54) is 0 Å². The van der Waals surface area contributed by atoms with Crippen molar-refractivity contribution < 1.29 is 14.3 Å². The summed E-state index contributed by atoms with van der Waals surface area (Å²) in [4.78, 5) is 17.9. The Morgan fingerprint density at radius 1 is 1.25 bits per heavy atom. The largest absolute Gasteiger partial charge is 0.491 e. The van der Waals surface area contributed by atoms with Gasteiger partial charge in [-0.25, -0.2) is 9.67 Å². The molecule has 1 aromatic carbocycles. The van der Waals surface area contributed by atoms with Crippen molar-refractivity contribution in [3.05, 3.63) is 53.3 Å². The maximum Gasteiger partial charge on any atom is 0.252 e. The summed E-state index contributed by atoms with van der Waals surface area (Å²) in [6, 6.07) is 9.87. The van der Waals surface area contributed by atoms with Crippen molar-refractivity contribution in [2.24, 2.45) is 0 Å². The lowest BCUT2D eigenvalue weighted by molar-refractivity contribution is 0.0679. The first-order chi connectivity index (χ1) is 15.4. The van der Waals surface area contributed by atoms with Crippen LogP contribution in [0, 0.1) is 0 Å². The molecular formula is C25H32N4O3. The van der Waals surface area contributed by atoms with Gasteiger partial charge in [0.25, 0.3) is 5.91 Å². The van der Waals surface area contributed by atoms with Crippen LogP contribution in [0.3, 0.4) is 0 Å². The number of nitrogens with zero attached hydrogens (tertiary/aromatic N) is 3. The summed E-state index contributed by atoms with van der Waals surface area (Å²) in [5, 5.41) is 8.28. The maximum atomic E-state index is 13.1. The van der Waals surface area contributed by atoms with Crippen LogP contribution in [0.2, 0.25) is 0 Å². The standard InChI is InChI=1S/C25H32N4O3/c1-16(2)23-12-21(22-14-27-29(17(3)4)24(22)28-23)25(30)26-13-18-7-9-19(10-8-18)32-15-20-6-5-11-31-20/h7-10,12,14,16-17,20H,5-6,11,13,15H2,1-4H3,(H,26,30). The topological polar surface area (TPSA) is 78.3 Å². The van der Waals surface area contributed by atoms with E-state index in [4.69, 9.17) is 14.5 Å². The first-order valence-corrected chi connectivity index (χ1v) is 11.4. The quantitative estimate of drug-likeness (QED) is 0.557. The van der Waals surface area contributed by atoms with Crippen LogP contribution in [0.25, 0.3) is 11.0 Å². The van der Waals surface area contributed by atoms with Gasteiger partial charge in [-0.3, -0.25) is 4.79 Å². The number of ether oxygens (including phenoxy) is 2. The zero-order valence-corrected chi connectivity index (χ0v) is 19.3. The van der Waals surface area contributed by atoms with Crippen molar-refractivity contribution in [3.8, 4) is 5.75 Å². The lowest BCUT2D eigenvalue weighted by Crippen LogP contribution is -2.23. The van der Waals surface area contributed by atoms with Crippen LogP contribution in [0.1, 0.15) is 74.1 Å². The molecule has 1 saturated heterocycles. The molecule has 0 spiro atoms. The van der Waals surface area contributed by atoms with Gasteiger partial charge in [0.15, 0.2) is 5.65 Å². The number of amides is 1. The Hall–Kier alpha value is -2.93. The number of aromatic nitrogens is 3. The van der Waals surface area contributed by atoms with E-state index in [9.17, 15) is 4.79 Å². The molecule has 1 N–H and O–H groups in total. The van der Waals surface area contributed by atoms with Crippen molar-refractivity contribution in [1.82, 2.24) is 20.1 Å². The molecule has 0 radical (unpaired) electrons. The molecule has 1 atom stereocenters. The molecule has 0 aliphatic carbocycles. The number of pyridine rings is 1. The van der Waals surface area contributed by atoms with Gasteiger partial charge in [0.2, 0.25) is 0 Å². The van der Waals surface area contributed by atoms with Crippen molar-refractivity contribution in [3.63, 3.8) is 0 Å². The highest BCUT2D eigenvalue weighted by atomic mass is 16.5. The summed E-state index contributed by atoms with van der Waals surface area (Å²) in [5.74, 6) is 0.902. The van der Waals surface area contributed by atoms with Gasteiger partial charge in [0, 0.05) is 24.9 Å². The van der Waals surface area contributed by atoms with E-state index in [2.05, 4.69) is 38.1 Å².